The van der Waals surface area contributed by atoms with Crippen molar-refractivity contribution in [2.24, 2.45) is 0 Å². The minimum Gasteiger partial charge on any atom is -0.343 e. The number of nitrogens with one attached hydrogen (secondary N) is 1. The monoisotopic (exact) mass is 358 g/mol. The van der Waals surface area contributed by atoms with Crippen molar-refractivity contribution in [3.63, 3.8) is 0 Å². The van der Waals surface area contributed by atoms with Crippen LogP contribution in [-0.4, -0.2) is 24.4 Å². The fraction of sp³-hybridized carbons (Fsp3) is 0.385. The summed E-state index contributed by atoms with van der Waals surface area (Å²) in [4.78, 5) is 25.6. The highest BCUT2D eigenvalue weighted by Gasteiger charge is 2.33. The van der Waals surface area contributed by atoms with Gasteiger partial charge in [-0.15, -0.1) is 0 Å². The second kappa shape index (κ2) is 5.69. The van der Waals surface area contributed by atoms with Crippen LogP contribution in [-0.2, 0) is 9.59 Å². The lowest BCUT2D eigenvalue weighted by molar-refractivity contribution is -0.131. The summed E-state index contributed by atoms with van der Waals surface area (Å²) in [6.45, 7) is 2.11. The number of halogens is 1. The van der Waals surface area contributed by atoms with Crippen LogP contribution in [0.5, 0.6) is 0 Å². The Morgan fingerprint density at radius 1 is 1.39 bits per heavy atom. The van der Waals surface area contributed by atoms with E-state index in [9.17, 15) is 9.59 Å². The maximum absolute atomic E-state index is 12.3. The van der Waals surface area contributed by atoms with Crippen LogP contribution in [0.4, 0.5) is 5.69 Å². The lowest BCUT2D eigenvalue weighted by Crippen LogP contribution is -2.58. The third-order valence-electron chi connectivity index (χ3n) is 2.92. The molecule has 1 unspecified atom stereocenters. The number of anilines is 1. The molecule has 1 heterocycles. The van der Waals surface area contributed by atoms with Crippen molar-refractivity contribution >= 4 is 40.1 Å². The molecule has 1 aliphatic rings. The average molecular weight is 358 g/mol. The van der Waals surface area contributed by atoms with E-state index in [1.54, 1.807) is 4.90 Å². The maximum atomic E-state index is 12.3. The molecule has 2 rings (SSSR count). The largest absolute Gasteiger partial charge is 0.343 e. The van der Waals surface area contributed by atoms with Crippen LogP contribution >= 0.6 is 22.6 Å². The third kappa shape index (κ3) is 2.66. The van der Waals surface area contributed by atoms with E-state index in [4.69, 9.17) is 0 Å². The Morgan fingerprint density at radius 2 is 2.11 bits per heavy atom. The molecule has 1 N–H and O–H groups in total. The highest BCUT2D eigenvalue weighted by atomic mass is 127. The summed E-state index contributed by atoms with van der Waals surface area (Å²) in [6.07, 6.45) is 1.56. The van der Waals surface area contributed by atoms with Gasteiger partial charge in [-0.05, 0) is 41.1 Å². The zero-order valence-corrected chi connectivity index (χ0v) is 12.3. The van der Waals surface area contributed by atoms with Gasteiger partial charge in [-0.2, -0.15) is 0 Å². The number of carbonyl (C=O) groups excluding carboxylic acids is 2. The van der Waals surface area contributed by atoms with Gasteiger partial charge in [-0.3, -0.25) is 9.59 Å². The second-order valence-electron chi connectivity index (χ2n) is 4.28. The fourth-order valence-corrected chi connectivity index (χ4v) is 2.75. The highest BCUT2D eigenvalue weighted by Crippen LogP contribution is 2.24. The van der Waals surface area contributed by atoms with Gasteiger partial charge in [-0.1, -0.05) is 25.5 Å². The van der Waals surface area contributed by atoms with Gasteiger partial charge in [0.25, 0.3) is 0 Å². The molecule has 96 valence electrons. The molecule has 1 aromatic rings. The summed E-state index contributed by atoms with van der Waals surface area (Å²) < 4.78 is 0.980. The minimum absolute atomic E-state index is 0.0134. The number of rotatable bonds is 3. The molecule has 0 spiro atoms. The first kappa shape index (κ1) is 13.3. The van der Waals surface area contributed by atoms with Gasteiger partial charge in [0.1, 0.15) is 12.6 Å². The minimum atomic E-state index is -0.382. The molecule has 0 bridgehead atoms. The quantitative estimate of drug-likeness (QED) is 0.840. The Labute approximate surface area is 120 Å². The molecule has 1 atom stereocenters. The number of amides is 2. The first-order valence-corrected chi connectivity index (χ1v) is 7.06. The molecule has 0 saturated carbocycles. The molecular weight excluding hydrogens is 343 g/mol. The van der Waals surface area contributed by atoms with E-state index in [-0.39, 0.29) is 24.4 Å². The van der Waals surface area contributed by atoms with Crippen LogP contribution in [0.25, 0.3) is 0 Å². The van der Waals surface area contributed by atoms with E-state index in [0.29, 0.717) is 6.42 Å². The SMILES string of the molecule is CCCC1NC(=O)CN(c2ccccc2I)C1=O. The van der Waals surface area contributed by atoms with E-state index < -0.39 is 0 Å². The molecule has 1 fully saturated rings. The molecule has 0 radical (unpaired) electrons. The number of carbonyl (C=O) groups is 2. The number of piperazine rings is 1. The molecular formula is C13H15IN2O2. The van der Waals surface area contributed by atoms with Crippen LogP contribution < -0.4 is 10.2 Å². The Morgan fingerprint density at radius 3 is 2.78 bits per heavy atom. The summed E-state index contributed by atoms with van der Waals surface area (Å²) in [6, 6.07) is 7.23. The zero-order valence-electron chi connectivity index (χ0n) is 10.1. The molecule has 1 saturated heterocycles. The van der Waals surface area contributed by atoms with E-state index in [1.807, 2.05) is 31.2 Å². The molecule has 0 aromatic heterocycles. The van der Waals surface area contributed by atoms with Crippen molar-refractivity contribution in [2.45, 2.75) is 25.8 Å². The molecule has 4 nitrogen and oxygen atoms in total. The van der Waals surface area contributed by atoms with Crippen molar-refractivity contribution in [2.75, 3.05) is 11.4 Å². The van der Waals surface area contributed by atoms with Gasteiger partial charge < -0.3 is 10.2 Å². The van der Waals surface area contributed by atoms with Crippen LogP contribution in [0.1, 0.15) is 19.8 Å². The van der Waals surface area contributed by atoms with Crippen molar-refractivity contribution < 1.29 is 9.59 Å². The topological polar surface area (TPSA) is 49.4 Å². The Hall–Kier alpha value is -1.11. The van der Waals surface area contributed by atoms with Crippen molar-refractivity contribution in [3.8, 4) is 0 Å². The van der Waals surface area contributed by atoms with E-state index in [1.165, 1.54) is 0 Å². The third-order valence-corrected chi connectivity index (χ3v) is 3.83. The Balaban J connectivity index is 2.29. The first-order chi connectivity index (χ1) is 8.63. The maximum Gasteiger partial charge on any atom is 0.250 e. The van der Waals surface area contributed by atoms with Gasteiger partial charge in [-0.25, -0.2) is 0 Å². The highest BCUT2D eigenvalue weighted by molar-refractivity contribution is 14.1. The molecule has 2 amide bonds. The average Bonchev–Trinajstić information content (AvgIpc) is 2.34. The lowest BCUT2D eigenvalue weighted by Gasteiger charge is -2.33. The Bertz CT molecular complexity index is 476. The zero-order chi connectivity index (χ0) is 13.1. The van der Waals surface area contributed by atoms with Crippen molar-refractivity contribution in [3.05, 3.63) is 27.8 Å². The Kier molecular flexibility index (Phi) is 4.21. The van der Waals surface area contributed by atoms with Crippen molar-refractivity contribution in [1.82, 2.24) is 5.32 Å². The predicted octanol–water partition coefficient (Wildman–Crippen LogP) is 1.92. The number of hydrogen-bond acceptors (Lipinski definition) is 2. The van der Waals surface area contributed by atoms with E-state index in [2.05, 4.69) is 27.9 Å². The number of benzene rings is 1. The van der Waals surface area contributed by atoms with Gasteiger partial charge in [0.2, 0.25) is 11.8 Å². The predicted molar refractivity (Wildman–Crippen MR) is 78.4 cm³/mol. The normalized spacial score (nSPS) is 19.9. The summed E-state index contributed by atoms with van der Waals surface area (Å²) in [5.74, 6) is -0.103. The lowest BCUT2D eigenvalue weighted by atomic mass is 10.1. The first-order valence-electron chi connectivity index (χ1n) is 5.98. The van der Waals surface area contributed by atoms with Gasteiger partial charge in [0.05, 0.1) is 5.69 Å². The van der Waals surface area contributed by atoms with Crippen LogP contribution in [0, 0.1) is 3.57 Å². The number of hydrogen-bond donors (Lipinski definition) is 1. The van der Waals surface area contributed by atoms with E-state index in [0.717, 1.165) is 15.7 Å². The number of para-hydroxylation sites is 1. The van der Waals surface area contributed by atoms with Crippen LogP contribution in [0.3, 0.4) is 0 Å². The smallest absolute Gasteiger partial charge is 0.250 e. The standard InChI is InChI=1S/C13H15IN2O2/c1-2-5-10-13(18)16(8-12(17)15-10)11-7-4-3-6-9(11)14/h3-4,6-7,10H,2,5,8H2,1H3,(H,15,17). The summed E-state index contributed by atoms with van der Waals surface area (Å²) in [5.41, 5.74) is 0.819. The molecule has 18 heavy (non-hydrogen) atoms. The summed E-state index contributed by atoms with van der Waals surface area (Å²) in [5, 5.41) is 2.75. The van der Waals surface area contributed by atoms with Gasteiger partial charge >= 0.3 is 0 Å². The molecule has 1 aliphatic heterocycles. The van der Waals surface area contributed by atoms with Gasteiger partial charge in [0.15, 0.2) is 0 Å². The van der Waals surface area contributed by atoms with Crippen LogP contribution in [0.15, 0.2) is 24.3 Å². The fourth-order valence-electron chi connectivity index (χ4n) is 2.07. The molecule has 0 aliphatic carbocycles. The second-order valence-corrected chi connectivity index (χ2v) is 5.45. The number of nitrogens with zero attached hydrogens (tertiary/aromatic N) is 1. The summed E-state index contributed by atoms with van der Waals surface area (Å²) >= 11 is 2.18. The van der Waals surface area contributed by atoms with Crippen LogP contribution in [0.2, 0.25) is 0 Å². The molecule has 1 aromatic carbocycles. The van der Waals surface area contributed by atoms with Gasteiger partial charge in [0, 0.05) is 3.57 Å². The summed E-state index contributed by atoms with van der Waals surface area (Å²) in [7, 11) is 0. The molecule has 5 heteroatoms. The van der Waals surface area contributed by atoms with E-state index >= 15 is 0 Å². The van der Waals surface area contributed by atoms with Crippen molar-refractivity contribution in [1.29, 1.82) is 0 Å².